The van der Waals surface area contributed by atoms with Gasteiger partial charge in [-0.1, -0.05) is 34.1 Å². The molecule has 3 rings (SSSR count). The van der Waals surface area contributed by atoms with Crippen LogP contribution in [0.3, 0.4) is 0 Å². The minimum absolute atomic E-state index is 0. The number of aryl methyl sites for hydroxylation is 1. The van der Waals surface area contributed by atoms with E-state index in [-0.39, 0.29) is 24.4 Å². The van der Waals surface area contributed by atoms with Crippen molar-refractivity contribution in [2.75, 3.05) is 25.4 Å². The molecule has 128 valence electrons. The number of amides is 1. The second-order valence-electron chi connectivity index (χ2n) is 5.74. The first kappa shape index (κ1) is 18.8. The Morgan fingerprint density at radius 2 is 1.96 bits per heavy atom. The van der Waals surface area contributed by atoms with Crippen molar-refractivity contribution in [3.05, 3.63) is 63.6 Å². The lowest BCUT2D eigenvalue weighted by Gasteiger charge is -2.33. The molecule has 1 saturated heterocycles. The van der Waals surface area contributed by atoms with Crippen molar-refractivity contribution >= 4 is 39.9 Å². The highest BCUT2D eigenvalue weighted by atomic mass is 79.9. The van der Waals surface area contributed by atoms with Gasteiger partial charge in [-0.25, -0.2) is 0 Å². The maximum absolute atomic E-state index is 12.8. The molecule has 4 nitrogen and oxygen atoms in total. The number of nitrogens with two attached hydrogens (primary N) is 1. The number of morpholine rings is 1. The number of carbonyl (C=O) groups excluding carboxylic acids is 1. The van der Waals surface area contributed by atoms with Gasteiger partial charge >= 0.3 is 0 Å². The fourth-order valence-corrected chi connectivity index (χ4v) is 3.02. The molecule has 0 saturated carbocycles. The fourth-order valence-electron chi connectivity index (χ4n) is 2.75. The first-order chi connectivity index (χ1) is 11.0. The Labute approximate surface area is 156 Å². The van der Waals surface area contributed by atoms with Crippen molar-refractivity contribution in [3.8, 4) is 0 Å². The van der Waals surface area contributed by atoms with Gasteiger partial charge in [-0.2, -0.15) is 0 Å². The van der Waals surface area contributed by atoms with E-state index in [1.165, 1.54) is 0 Å². The molecule has 1 aliphatic heterocycles. The van der Waals surface area contributed by atoms with Crippen molar-refractivity contribution in [2.45, 2.75) is 13.0 Å². The quantitative estimate of drug-likeness (QED) is 0.761. The predicted molar refractivity (Wildman–Crippen MR) is 102 cm³/mol. The van der Waals surface area contributed by atoms with E-state index in [0.717, 1.165) is 15.6 Å². The third-order valence-electron chi connectivity index (χ3n) is 4.09. The third kappa shape index (κ3) is 4.09. The Kier molecular flexibility index (Phi) is 6.27. The summed E-state index contributed by atoms with van der Waals surface area (Å²) in [5.41, 5.74) is 9.12. The zero-order chi connectivity index (χ0) is 16.4. The van der Waals surface area contributed by atoms with Crippen LogP contribution in [0.1, 0.15) is 27.6 Å². The SMILES string of the molecule is Cc1ccc(N)cc1C(=O)N1CCOC(c2ccc(Br)cc2)C1.Cl. The van der Waals surface area contributed by atoms with Crippen LogP contribution in [0.25, 0.3) is 0 Å². The summed E-state index contributed by atoms with van der Waals surface area (Å²) in [7, 11) is 0. The number of anilines is 1. The number of ether oxygens (including phenoxy) is 1. The number of hydrogen-bond donors (Lipinski definition) is 1. The molecule has 1 amide bonds. The Hall–Kier alpha value is -1.56. The lowest BCUT2D eigenvalue weighted by Crippen LogP contribution is -2.42. The summed E-state index contributed by atoms with van der Waals surface area (Å²) >= 11 is 3.43. The van der Waals surface area contributed by atoms with Crippen molar-refractivity contribution < 1.29 is 9.53 Å². The van der Waals surface area contributed by atoms with Crippen LogP contribution in [0.5, 0.6) is 0 Å². The first-order valence-electron chi connectivity index (χ1n) is 7.57. The zero-order valence-corrected chi connectivity index (χ0v) is 15.8. The van der Waals surface area contributed by atoms with E-state index in [1.807, 2.05) is 48.2 Å². The van der Waals surface area contributed by atoms with Crippen LogP contribution in [0, 0.1) is 6.92 Å². The third-order valence-corrected chi connectivity index (χ3v) is 4.62. The van der Waals surface area contributed by atoms with Gasteiger partial charge in [0.1, 0.15) is 6.10 Å². The van der Waals surface area contributed by atoms with Crippen LogP contribution >= 0.6 is 28.3 Å². The van der Waals surface area contributed by atoms with E-state index >= 15 is 0 Å². The monoisotopic (exact) mass is 410 g/mol. The van der Waals surface area contributed by atoms with Crippen molar-refractivity contribution in [1.29, 1.82) is 0 Å². The van der Waals surface area contributed by atoms with Crippen molar-refractivity contribution in [3.63, 3.8) is 0 Å². The van der Waals surface area contributed by atoms with E-state index in [1.54, 1.807) is 6.07 Å². The molecule has 0 radical (unpaired) electrons. The number of halogens is 2. The Morgan fingerprint density at radius 1 is 1.25 bits per heavy atom. The molecule has 6 heteroatoms. The van der Waals surface area contributed by atoms with E-state index < -0.39 is 0 Å². The summed E-state index contributed by atoms with van der Waals surface area (Å²) in [6.07, 6.45) is -0.0952. The van der Waals surface area contributed by atoms with Gasteiger partial charge in [-0.05, 0) is 42.3 Å². The Bertz CT molecular complexity index is 721. The molecule has 2 aromatic carbocycles. The molecule has 2 aromatic rings. The molecule has 0 bridgehead atoms. The Morgan fingerprint density at radius 3 is 2.67 bits per heavy atom. The molecular formula is C18H20BrClN2O2. The van der Waals surface area contributed by atoms with Crippen LogP contribution in [0.2, 0.25) is 0 Å². The molecule has 2 N–H and O–H groups in total. The largest absolute Gasteiger partial charge is 0.399 e. The number of nitrogens with zero attached hydrogens (tertiary/aromatic N) is 1. The van der Waals surface area contributed by atoms with Gasteiger partial charge in [0.25, 0.3) is 5.91 Å². The zero-order valence-electron chi connectivity index (χ0n) is 13.4. The second-order valence-corrected chi connectivity index (χ2v) is 6.65. The summed E-state index contributed by atoms with van der Waals surface area (Å²) < 4.78 is 6.87. The topological polar surface area (TPSA) is 55.6 Å². The van der Waals surface area contributed by atoms with Crippen LogP contribution in [0.15, 0.2) is 46.9 Å². The fraction of sp³-hybridized carbons (Fsp3) is 0.278. The second kappa shape index (κ2) is 8.01. The van der Waals surface area contributed by atoms with E-state index in [0.29, 0.717) is 30.9 Å². The van der Waals surface area contributed by atoms with Crippen LogP contribution in [-0.4, -0.2) is 30.5 Å². The normalized spacial score (nSPS) is 17.2. The predicted octanol–water partition coefficient (Wildman–Crippen LogP) is 3.98. The highest BCUT2D eigenvalue weighted by Crippen LogP contribution is 2.25. The molecule has 1 fully saturated rings. The van der Waals surface area contributed by atoms with Gasteiger partial charge in [0.05, 0.1) is 13.2 Å². The first-order valence-corrected chi connectivity index (χ1v) is 8.36. The molecule has 0 aromatic heterocycles. The average Bonchev–Trinajstić information content (AvgIpc) is 2.57. The molecule has 0 aliphatic carbocycles. The van der Waals surface area contributed by atoms with Crippen LogP contribution < -0.4 is 5.73 Å². The Balaban J connectivity index is 0.00000208. The molecular weight excluding hydrogens is 392 g/mol. The summed E-state index contributed by atoms with van der Waals surface area (Å²) in [4.78, 5) is 14.7. The number of carbonyl (C=O) groups is 1. The summed E-state index contributed by atoms with van der Waals surface area (Å²) in [6, 6.07) is 13.5. The van der Waals surface area contributed by atoms with Crippen LogP contribution in [0.4, 0.5) is 5.69 Å². The van der Waals surface area contributed by atoms with Gasteiger partial charge < -0.3 is 15.4 Å². The number of nitrogen functional groups attached to an aromatic ring is 1. The van der Waals surface area contributed by atoms with Gasteiger partial charge in [-0.3, -0.25) is 4.79 Å². The molecule has 1 atom stereocenters. The lowest BCUT2D eigenvalue weighted by molar-refractivity contribution is -0.0228. The highest BCUT2D eigenvalue weighted by Gasteiger charge is 2.26. The van der Waals surface area contributed by atoms with Gasteiger partial charge in [-0.15, -0.1) is 12.4 Å². The molecule has 1 heterocycles. The number of hydrogen-bond acceptors (Lipinski definition) is 3. The summed E-state index contributed by atoms with van der Waals surface area (Å²) in [5.74, 6) is 0.0141. The molecule has 1 aliphatic rings. The molecule has 0 spiro atoms. The van der Waals surface area contributed by atoms with Crippen LogP contribution in [-0.2, 0) is 4.74 Å². The van der Waals surface area contributed by atoms with Crippen molar-refractivity contribution in [1.82, 2.24) is 4.90 Å². The van der Waals surface area contributed by atoms with E-state index in [4.69, 9.17) is 10.5 Å². The average molecular weight is 412 g/mol. The van der Waals surface area contributed by atoms with E-state index in [9.17, 15) is 4.79 Å². The maximum atomic E-state index is 12.8. The maximum Gasteiger partial charge on any atom is 0.254 e. The summed E-state index contributed by atoms with van der Waals surface area (Å²) in [6.45, 7) is 3.61. The minimum Gasteiger partial charge on any atom is -0.399 e. The summed E-state index contributed by atoms with van der Waals surface area (Å²) in [5, 5.41) is 0. The smallest absolute Gasteiger partial charge is 0.254 e. The standard InChI is InChI=1S/C18H19BrN2O2.ClH/c1-12-2-7-15(20)10-16(12)18(22)21-8-9-23-17(11-21)13-3-5-14(19)6-4-13;/h2-7,10,17H,8-9,11,20H2,1H3;1H. The highest BCUT2D eigenvalue weighted by molar-refractivity contribution is 9.10. The number of rotatable bonds is 2. The van der Waals surface area contributed by atoms with Gasteiger partial charge in [0.15, 0.2) is 0 Å². The number of benzene rings is 2. The minimum atomic E-state index is -0.0952. The lowest BCUT2D eigenvalue weighted by atomic mass is 10.0. The van der Waals surface area contributed by atoms with Gasteiger partial charge in [0, 0.05) is 22.3 Å². The molecule has 1 unspecified atom stereocenters. The molecule has 24 heavy (non-hydrogen) atoms. The van der Waals surface area contributed by atoms with Crippen molar-refractivity contribution in [2.24, 2.45) is 0 Å². The van der Waals surface area contributed by atoms with Gasteiger partial charge in [0.2, 0.25) is 0 Å². The van der Waals surface area contributed by atoms with E-state index in [2.05, 4.69) is 15.9 Å².